The van der Waals surface area contributed by atoms with Crippen LogP contribution in [0.2, 0.25) is 5.02 Å². The molecule has 0 unspecified atom stereocenters. The predicted octanol–water partition coefficient (Wildman–Crippen LogP) is 4.41. The summed E-state index contributed by atoms with van der Waals surface area (Å²) < 4.78 is 5.74. The molecule has 0 spiro atoms. The molecule has 1 saturated carbocycles. The molecule has 1 aromatic carbocycles. The van der Waals surface area contributed by atoms with Gasteiger partial charge in [0.05, 0.1) is 12.3 Å². The van der Waals surface area contributed by atoms with E-state index in [1.165, 1.54) is 0 Å². The molecule has 1 heterocycles. The Balaban J connectivity index is 2.08. The number of aromatic nitrogens is 2. The van der Waals surface area contributed by atoms with Crippen LogP contribution in [-0.2, 0) is 0 Å². The van der Waals surface area contributed by atoms with E-state index < -0.39 is 5.97 Å². The number of benzene rings is 1. The second kappa shape index (κ2) is 6.77. The van der Waals surface area contributed by atoms with Crippen molar-refractivity contribution in [2.45, 2.75) is 32.6 Å². The Bertz CT molecular complexity index is 756. The maximum absolute atomic E-state index is 11.7. The number of hydrogen-bond donors (Lipinski definition) is 1. The maximum Gasteiger partial charge on any atom is 0.343 e. The number of aromatic carboxylic acids is 1. The average Bonchev–Trinajstić information content (AvgIpc) is 3.36. The Morgan fingerprint density at radius 2 is 1.96 bits per heavy atom. The summed E-state index contributed by atoms with van der Waals surface area (Å²) >= 11 is 5.93. The summed E-state index contributed by atoms with van der Waals surface area (Å²) in [7, 11) is 0. The Morgan fingerprint density at radius 1 is 1.29 bits per heavy atom. The van der Waals surface area contributed by atoms with Crippen LogP contribution in [0, 0.1) is 5.92 Å². The number of rotatable bonds is 6. The van der Waals surface area contributed by atoms with Crippen molar-refractivity contribution in [3.8, 4) is 17.3 Å². The van der Waals surface area contributed by atoms with Crippen molar-refractivity contribution in [2.75, 3.05) is 6.61 Å². The molecule has 24 heavy (non-hydrogen) atoms. The molecule has 6 heteroatoms. The van der Waals surface area contributed by atoms with Crippen LogP contribution in [0.1, 0.15) is 48.7 Å². The van der Waals surface area contributed by atoms with Crippen molar-refractivity contribution in [1.29, 1.82) is 0 Å². The van der Waals surface area contributed by atoms with Gasteiger partial charge in [0.15, 0.2) is 5.82 Å². The number of halogens is 1. The van der Waals surface area contributed by atoms with Gasteiger partial charge in [0, 0.05) is 10.6 Å². The SMILES string of the molecule is CC(C)c1nc(-c2ccc(Cl)cc2)nc(OCC2CC2)c1C(=O)O. The van der Waals surface area contributed by atoms with Crippen molar-refractivity contribution < 1.29 is 14.6 Å². The van der Waals surface area contributed by atoms with Gasteiger partial charge in [-0.25, -0.2) is 9.78 Å². The molecule has 126 valence electrons. The van der Waals surface area contributed by atoms with Gasteiger partial charge in [-0.3, -0.25) is 0 Å². The minimum atomic E-state index is -1.06. The smallest absolute Gasteiger partial charge is 0.343 e. The van der Waals surface area contributed by atoms with E-state index in [2.05, 4.69) is 9.97 Å². The molecule has 0 saturated heterocycles. The molecule has 1 aromatic heterocycles. The standard InChI is InChI=1S/C18H19ClN2O3/c1-10(2)15-14(18(22)23)17(24-9-11-3-4-11)21-16(20-15)12-5-7-13(19)8-6-12/h5-8,10-11H,3-4,9H2,1-2H3,(H,22,23). The largest absolute Gasteiger partial charge is 0.477 e. The highest BCUT2D eigenvalue weighted by Gasteiger charge is 2.27. The molecule has 3 rings (SSSR count). The molecule has 5 nitrogen and oxygen atoms in total. The Morgan fingerprint density at radius 3 is 2.50 bits per heavy atom. The third-order valence-corrected chi connectivity index (χ3v) is 4.17. The van der Waals surface area contributed by atoms with Crippen molar-refractivity contribution in [1.82, 2.24) is 9.97 Å². The van der Waals surface area contributed by atoms with Crippen LogP contribution in [0.3, 0.4) is 0 Å². The van der Waals surface area contributed by atoms with Crippen LogP contribution < -0.4 is 4.74 Å². The van der Waals surface area contributed by atoms with Crippen LogP contribution in [-0.4, -0.2) is 27.7 Å². The number of ether oxygens (including phenoxy) is 1. The molecule has 2 aromatic rings. The van der Waals surface area contributed by atoms with Gasteiger partial charge in [0.25, 0.3) is 0 Å². The van der Waals surface area contributed by atoms with Gasteiger partial charge in [-0.2, -0.15) is 4.98 Å². The van der Waals surface area contributed by atoms with E-state index >= 15 is 0 Å². The first-order chi connectivity index (χ1) is 11.5. The van der Waals surface area contributed by atoms with Gasteiger partial charge in [-0.15, -0.1) is 0 Å². The fourth-order valence-corrected chi connectivity index (χ4v) is 2.52. The lowest BCUT2D eigenvalue weighted by molar-refractivity contribution is 0.0688. The molecule has 0 aliphatic heterocycles. The van der Waals surface area contributed by atoms with Crippen molar-refractivity contribution >= 4 is 17.6 Å². The maximum atomic E-state index is 11.7. The molecule has 0 amide bonds. The first-order valence-electron chi connectivity index (χ1n) is 7.99. The third-order valence-electron chi connectivity index (χ3n) is 3.92. The number of carboxylic acid groups (broad SMARTS) is 1. The lowest BCUT2D eigenvalue weighted by Gasteiger charge is -2.15. The number of carbonyl (C=O) groups is 1. The van der Waals surface area contributed by atoms with E-state index in [-0.39, 0.29) is 17.4 Å². The third kappa shape index (κ3) is 3.67. The van der Waals surface area contributed by atoms with Crippen LogP contribution >= 0.6 is 11.6 Å². The first-order valence-corrected chi connectivity index (χ1v) is 8.37. The molecule has 1 fully saturated rings. The summed E-state index contributed by atoms with van der Waals surface area (Å²) in [5.41, 5.74) is 1.31. The summed E-state index contributed by atoms with van der Waals surface area (Å²) in [6, 6.07) is 7.13. The lowest BCUT2D eigenvalue weighted by Crippen LogP contribution is -2.14. The molecule has 0 atom stereocenters. The van der Waals surface area contributed by atoms with E-state index in [4.69, 9.17) is 16.3 Å². The normalized spacial score (nSPS) is 14.0. The van der Waals surface area contributed by atoms with Gasteiger partial charge >= 0.3 is 5.97 Å². The van der Waals surface area contributed by atoms with Crippen LogP contribution in [0.5, 0.6) is 5.88 Å². The summed E-state index contributed by atoms with van der Waals surface area (Å²) in [5.74, 6) is -0.0205. The Hall–Kier alpha value is -2.14. The summed E-state index contributed by atoms with van der Waals surface area (Å²) in [4.78, 5) is 20.6. The molecule has 0 bridgehead atoms. The van der Waals surface area contributed by atoms with Crippen molar-refractivity contribution in [3.63, 3.8) is 0 Å². The summed E-state index contributed by atoms with van der Waals surface area (Å²) in [6.07, 6.45) is 2.24. The molecule has 1 N–H and O–H groups in total. The molecule has 0 radical (unpaired) electrons. The zero-order chi connectivity index (χ0) is 17.3. The predicted molar refractivity (Wildman–Crippen MR) is 91.7 cm³/mol. The van der Waals surface area contributed by atoms with Gasteiger partial charge < -0.3 is 9.84 Å². The van der Waals surface area contributed by atoms with Crippen molar-refractivity contribution in [3.05, 3.63) is 40.5 Å². The van der Waals surface area contributed by atoms with E-state index in [0.29, 0.717) is 29.1 Å². The second-order valence-electron chi connectivity index (χ2n) is 6.33. The monoisotopic (exact) mass is 346 g/mol. The Labute approximate surface area is 145 Å². The first kappa shape index (κ1) is 16.7. The Kier molecular flexibility index (Phi) is 4.71. The lowest BCUT2D eigenvalue weighted by atomic mass is 10.0. The number of hydrogen-bond acceptors (Lipinski definition) is 4. The summed E-state index contributed by atoms with van der Waals surface area (Å²) in [6.45, 7) is 4.31. The van der Waals surface area contributed by atoms with E-state index in [1.807, 2.05) is 26.0 Å². The average molecular weight is 347 g/mol. The van der Waals surface area contributed by atoms with Gasteiger partial charge in [0.2, 0.25) is 5.88 Å². The molecular weight excluding hydrogens is 328 g/mol. The van der Waals surface area contributed by atoms with Crippen LogP contribution in [0.15, 0.2) is 24.3 Å². The molecular formula is C18H19ClN2O3. The summed E-state index contributed by atoms with van der Waals surface area (Å²) in [5, 5.41) is 10.2. The topological polar surface area (TPSA) is 72.3 Å². The van der Waals surface area contributed by atoms with Crippen LogP contribution in [0.25, 0.3) is 11.4 Å². The quantitative estimate of drug-likeness (QED) is 0.838. The van der Waals surface area contributed by atoms with E-state index in [0.717, 1.165) is 18.4 Å². The van der Waals surface area contributed by atoms with Gasteiger partial charge in [-0.05, 0) is 48.9 Å². The number of nitrogens with zero attached hydrogens (tertiary/aromatic N) is 2. The highest BCUT2D eigenvalue weighted by molar-refractivity contribution is 6.30. The molecule has 1 aliphatic rings. The van der Waals surface area contributed by atoms with E-state index in [1.54, 1.807) is 12.1 Å². The van der Waals surface area contributed by atoms with Gasteiger partial charge in [0.1, 0.15) is 5.56 Å². The highest BCUT2D eigenvalue weighted by Crippen LogP contribution is 2.32. The number of carboxylic acids is 1. The fourth-order valence-electron chi connectivity index (χ4n) is 2.39. The zero-order valence-corrected chi connectivity index (χ0v) is 14.4. The van der Waals surface area contributed by atoms with Crippen molar-refractivity contribution in [2.24, 2.45) is 5.92 Å². The highest BCUT2D eigenvalue weighted by atomic mass is 35.5. The minimum Gasteiger partial charge on any atom is -0.477 e. The molecule has 1 aliphatic carbocycles. The van der Waals surface area contributed by atoms with Gasteiger partial charge in [-0.1, -0.05) is 25.4 Å². The second-order valence-corrected chi connectivity index (χ2v) is 6.77. The minimum absolute atomic E-state index is 0.0587. The van der Waals surface area contributed by atoms with E-state index in [9.17, 15) is 9.90 Å². The van der Waals surface area contributed by atoms with Crippen LogP contribution in [0.4, 0.5) is 0 Å². The fraction of sp³-hybridized carbons (Fsp3) is 0.389. The zero-order valence-electron chi connectivity index (χ0n) is 13.6.